The Morgan fingerprint density at radius 1 is 1.15 bits per heavy atom. The van der Waals surface area contributed by atoms with Gasteiger partial charge in [-0.25, -0.2) is 4.68 Å². The van der Waals surface area contributed by atoms with Crippen LogP contribution < -0.4 is 5.32 Å². The van der Waals surface area contributed by atoms with E-state index in [0.29, 0.717) is 0 Å². The second-order valence-electron chi connectivity index (χ2n) is 5.44. The molecule has 0 aliphatic rings. The number of hydrogen-bond donors (Lipinski definition) is 1. The third-order valence-corrected chi connectivity index (χ3v) is 3.64. The van der Waals surface area contributed by atoms with Crippen LogP contribution in [0.3, 0.4) is 0 Å². The molecule has 3 rings (SSSR count). The van der Waals surface area contributed by atoms with E-state index in [2.05, 4.69) is 10.4 Å². The van der Waals surface area contributed by atoms with Gasteiger partial charge in [-0.2, -0.15) is 18.3 Å². The molecule has 0 saturated carbocycles. The van der Waals surface area contributed by atoms with Crippen LogP contribution in [0.25, 0.3) is 5.69 Å². The minimum atomic E-state index is -4.73. The zero-order valence-electron chi connectivity index (χ0n) is 13.5. The van der Waals surface area contributed by atoms with Gasteiger partial charge in [0.1, 0.15) is 0 Å². The lowest BCUT2D eigenvalue weighted by atomic mass is 10.1. The molecule has 0 atom stereocenters. The second-order valence-corrected chi connectivity index (χ2v) is 5.44. The first-order valence-electron chi connectivity index (χ1n) is 7.53. The van der Waals surface area contributed by atoms with E-state index in [0.717, 1.165) is 18.2 Å². The molecule has 0 unspecified atom stereocenters. The van der Waals surface area contributed by atoms with E-state index in [-0.39, 0.29) is 16.9 Å². The molecule has 0 spiro atoms. The minimum absolute atomic E-state index is 0.131. The number of nitrogens with zero attached hydrogens (tertiary/aromatic N) is 3. The van der Waals surface area contributed by atoms with Crippen LogP contribution in [-0.4, -0.2) is 20.6 Å². The summed E-state index contributed by atoms with van der Waals surface area (Å²) in [6, 6.07) is 9.60. The zero-order chi connectivity index (χ0) is 19.6. The molecule has 1 heterocycles. The molecule has 2 aromatic carbocycles. The van der Waals surface area contributed by atoms with E-state index in [4.69, 9.17) is 0 Å². The van der Waals surface area contributed by atoms with Gasteiger partial charge in [-0.05, 0) is 30.3 Å². The van der Waals surface area contributed by atoms with Crippen molar-refractivity contribution in [3.8, 4) is 5.69 Å². The summed E-state index contributed by atoms with van der Waals surface area (Å²) in [6.45, 7) is 0. The topological polar surface area (TPSA) is 90.1 Å². The van der Waals surface area contributed by atoms with E-state index < -0.39 is 28.3 Å². The Morgan fingerprint density at radius 3 is 2.56 bits per heavy atom. The summed E-state index contributed by atoms with van der Waals surface area (Å²) in [5.74, 6) is -0.893. The SMILES string of the molecule is O=C(Nc1ccc(-n2cccn2)cc1C(F)(F)F)c1cccc([N+](=O)[O-])c1. The third kappa shape index (κ3) is 3.94. The van der Waals surface area contributed by atoms with Gasteiger partial charge in [0.15, 0.2) is 0 Å². The Balaban J connectivity index is 1.95. The highest BCUT2D eigenvalue weighted by molar-refractivity contribution is 6.05. The molecule has 3 aromatic rings. The lowest BCUT2D eigenvalue weighted by Crippen LogP contribution is -2.17. The van der Waals surface area contributed by atoms with Crippen molar-refractivity contribution in [2.24, 2.45) is 0 Å². The Kier molecular flexibility index (Phi) is 4.63. The molecule has 0 radical (unpaired) electrons. The molecule has 138 valence electrons. The van der Waals surface area contributed by atoms with Gasteiger partial charge >= 0.3 is 6.18 Å². The fourth-order valence-electron chi connectivity index (χ4n) is 2.40. The summed E-state index contributed by atoms with van der Waals surface area (Å²) in [5.41, 5.74) is -1.83. The van der Waals surface area contributed by atoms with Crippen LogP contribution in [0.1, 0.15) is 15.9 Å². The highest BCUT2D eigenvalue weighted by Crippen LogP contribution is 2.36. The molecule has 27 heavy (non-hydrogen) atoms. The van der Waals surface area contributed by atoms with E-state index >= 15 is 0 Å². The van der Waals surface area contributed by atoms with Crippen molar-refractivity contribution in [1.82, 2.24) is 9.78 Å². The predicted molar refractivity (Wildman–Crippen MR) is 89.6 cm³/mol. The first-order chi connectivity index (χ1) is 12.8. The van der Waals surface area contributed by atoms with Crippen molar-refractivity contribution >= 4 is 17.3 Å². The largest absolute Gasteiger partial charge is 0.418 e. The van der Waals surface area contributed by atoms with Gasteiger partial charge in [0.25, 0.3) is 11.6 Å². The maximum atomic E-state index is 13.4. The van der Waals surface area contributed by atoms with Crippen LogP contribution in [-0.2, 0) is 6.18 Å². The summed E-state index contributed by atoms with van der Waals surface area (Å²) in [5, 5.41) is 16.8. The Bertz CT molecular complexity index is 1000. The van der Waals surface area contributed by atoms with E-state index in [1.54, 1.807) is 6.07 Å². The summed E-state index contributed by atoms with van der Waals surface area (Å²) in [4.78, 5) is 22.4. The highest BCUT2D eigenvalue weighted by atomic mass is 19.4. The number of alkyl halides is 3. The average molecular weight is 376 g/mol. The molecule has 0 aliphatic heterocycles. The Labute approximate surface area is 150 Å². The summed E-state index contributed by atoms with van der Waals surface area (Å²) in [7, 11) is 0. The molecule has 0 aliphatic carbocycles. The number of nitro benzene ring substituents is 1. The average Bonchev–Trinajstić information content (AvgIpc) is 3.16. The number of benzene rings is 2. The van der Waals surface area contributed by atoms with Gasteiger partial charge in [0, 0.05) is 30.1 Å². The highest BCUT2D eigenvalue weighted by Gasteiger charge is 2.34. The van der Waals surface area contributed by atoms with Crippen molar-refractivity contribution in [3.63, 3.8) is 0 Å². The minimum Gasteiger partial charge on any atom is -0.321 e. The van der Waals surface area contributed by atoms with Crippen LogP contribution in [0.2, 0.25) is 0 Å². The van der Waals surface area contributed by atoms with Gasteiger partial charge in [-0.1, -0.05) is 6.07 Å². The lowest BCUT2D eigenvalue weighted by Gasteiger charge is -2.15. The van der Waals surface area contributed by atoms with Gasteiger partial charge in [-0.3, -0.25) is 14.9 Å². The fourth-order valence-corrected chi connectivity index (χ4v) is 2.40. The number of amides is 1. The van der Waals surface area contributed by atoms with Crippen molar-refractivity contribution in [2.45, 2.75) is 6.18 Å². The third-order valence-electron chi connectivity index (χ3n) is 3.64. The quantitative estimate of drug-likeness (QED) is 0.549. The number of carbonyl (C=O) groups is 1. The van der Waals surface area contributed by atoms with Crippen LogP contribution in [0.5, 0.6) is 0 Å². The number of non-ortho nitro benzene ring substituents is 1. The maximum absolute atomic E-state index is 13.4. The second kappa shape index (κ2) is 6.90. The summed E-state index contributed by atoms with van der Waals surface area (Å²) in [6.07, 6.45) is -1.82. The van der Waals surface area contributed by atoms with Crippen LogP contribution in [0.4, 0.5) is 24.5 Å². The van der Waals surface area contributed by atoms with Crippen LogP contribution >= 0.6 is 0 Å². The maximum Gasteiger partial charge on any atom is 0.418 e. The number of anilines is 1. The van der Waals surface area contributed by atoms with Gasteiger partial charge < -0.3 is 5.32 Å². The van der Waals surface area contributed by atoms with Crippen molar-refractivity contribution in [1.29, 1.82) is 0 Å². The summed E-state index contributed by atoms with van der Waals surface area (Å²) >= 11 is 0. The molecule has 0 saturated heterocycles. The molecule has 0 bridgehead atoms. The molecule has 7 nitrogen and oxygen atoms in total. The number of rotatable bonds is 4. The zero-order valence-corrected chi connectivity index (χ0v) is 13.5. The molecule has 1 N–H and O–H groups in total. The molecule has 1 amide bonds. The van der Waals surface area contributed by atoms with Crippen molar-refractivity contribution < 1.29 is 22.9 Å². The standard InChI is InChI=1S/C17H11F3N4O3/c18-17(19,20)14-10-12(23-8-2-7-21-23)5-6-15(14)22-16(25)11-3-1-4-13(9-11)24(26)27/h1-10H,(H,22,25). The Hall–Kier alpha value is -3.69. The number of halogens is 3. The number of carbonyl (C=O) groups excluding carboxylic acids is 1. The van der Waals surface area contributed by atoms with Crippen LogP contribution in [0.15, 0.2) is 60.9 Å². The van der Waals surface area contributed by atoms with Gasteiger partial charge in [0.05, 0.1) is 21.9 Å². The smallest absolute Gasteiger partial charge is 0.321 e. The van der Waals surface area contributed by atoms with Crippen molar-refractivity contribution in [3.05, 3.63) is 82.2 Å². The Morgan fingerprint density at radius 2 is 1.93 bits per heavy atom. The molecule has 10 heteroatoms. The van der Waals surface area contributed by atoms with Crippen molar-refractivity contribution in [2.75, 3.05) is 5.32 Å². The molecule has 1 aromatic heterocycles. The number of nitrogens with one attached hydrogen (secondary N) is 1. The molecular weight excluding hydrogens is 365 g/mol. The summed E-state index contributed by atoms with van der Waals surface area (Å²) < 4.78 is 41.5. The number of aromatic nitrogens is 2. The van der Waals surface area contributed by atoms with E-state index in [1.807, 2.05) is 0 Å². The first-order valence-corrected chi connectivity index (χ1v) is 7.53. The predicted octanol–water partition coefficient (Wildman–Crippen LogP) is 4.05. The molecule has 0 fully saturated rings. The lowest BCUT2D eigenvalue weighted by molar-refractivity contribution is -0.384. The van der Waals surface area contributed by atoms with Gasteiger partial charge in [0.2, 0.25) is 0 Å². The van der Waals surface area contributed by atoms with E-state index in [1.165, 1.54) is 41.3 Å². The van der Waals surface area contributed by atoms with Gasteiger partial charge in [-0.15, -0.1) is 0 Å². The number of hydrogen-bond acceptors (Lipinski definition) is 4. The first kappa shape index (κ1) is 18.1. The monoisotopic (exact) mass is 376 g/mol. The van der Waals surface area contributed by atoms with Crippen LogP contribution in [0, 0.1) is 10.1 Å². The number of nitro groups is 1. The van der Waals surface area contributed by atoms with E-state index in [9.17, 15) is 28.1 Å². The fraction of sp³-hybridized carbons (Fsp3) is 0.0588. The molecular formula is C17H11F3N4O3. The normalized spacial score (nSPS) is 11.2.